The van der Waals surface area contributed by atoms with Gasteiger partial charge < -0.3 is 14.8 Å². The van der Waals surface area contributed by atoms with E-state index in [2.05, 4.69) is 25.2 Å². The number of esters is 2. The maximum atomic E-state index is 12.2. The zero-order valence-corrected chi connectivity index (χ0v) is 25.5. The first-order valence-electron chi connectivity index (χ1n) is 16.3. The van der Waals surface area contributed by atoms with Crippen LogP contribution in [0.4, 0.5) is 0 Å². The van der Waals surface area contributed by atoms with Gasteiger partial charge in [-0.15, -0.1) is 0 Å². The summed E-state index contributed by atoms with van der Waals surface area (Å²) < 4.78 is 11.2. The van der Waals surface area contributed by atoms with Crippen molar-refractivity contribution < 1.29 is 19.1 Å². The predicted molar refractivity (Wildman–Crippen MR) is 161 cm³/mol. The van der Waals surface area contributed by atoms with Crippen molar-refractivity contribution in [1.82, 2.24) is 5.32 Å². The molecule has 0 radical (unpaired) electrons. The second-order valence-electron chi connectivity index (χ2n) is 10.9. The van der Waals surface area contributed by atoms with Gasteiger partial charge in [-0.05, 0) is 65.0 Å². The molecule has 0 aliphatic heterocycles. The largest absolute Gasteiger partial charge is 0.462 e. The fourth-order valence-corrected chi connectivity index (χ4v) is 4.68. The number of allylic oxidation sites excluding steroid dienone is 1. The average molecular weight is 538 g/mol. The maximum absolute atomic E-state index is 12.2. The standard InChI is InChI=1S/C33H63NO4/c1-4-6-8-10-12-13-15-19-23-30-37-32(35)27-22-18-17-21-26-31(38-33(36)28-24-29-34-3)25-20-16-14-11-9-7-5-2/h19,23,31,34H,4-18,20-22,24-30H2,1-3H3/b23-19-. The molecule has 5 heteroatoms. The summed E-state index contributed by atoms with van der Waals surface area (Å²) in [4.78, 5) is 24.2. The lowest BCUT2D eigenvalue weighted by Gasteiger charge is -2.18. The molecule has 0 bridgehead atoms. The highest BCUT2D eigenvalue weighted by Crippen LogP contribution is 2.18. The zero-order chi connectivity index (χ0) is 27.9. The van der Waals surface area contributed by atoms with Crippen LogP contribution >= 0.6 is 0 Å². The Balaban J connectivity index is 3.93. The van der Waals surface area contributed by atoms with E-state index < -0.39 is 0 Å². The number of carbonyl (C=O) groups is 2. The van der Waals surface area contributed by atoms with Crippen molar-refractivity contribution in [3.63, 3.8) is 0 Å². The van der Waals surface area contributed by atoms with E-state index in [9.17, 15) is 9.59 Å². The van der Waals surface area contributed by atoms with E-state index in [0.29, 0.717) is 19.4 Å². The summed E-state index contributed by atoms with van der Waals surface area (Å²) in [6, 6.07) is 0. The Bertz CT molecular complexity index is 549. The molecule has 0 aromatic heterocycles. The van der Waals surface area contributed by atoms with Crippen LogP contribution in [0.25, 0.3) is 0 Å². The van der Waals surface area contributed by atoms with E-state index in [4.69, 9.17) is 9.47 Å². The third-order valence-corrected chi connectivity index (χ3v) is 7.12. The van der Waals surface area contributed by atoms with Crippen LogP contribution in [0.2, 0.25) is 0 Å². The first kappa shape index (κ1) is 36.6. The molecule has 0 saturated carbocycles. The molecule has 0 fully saturated rings. The Morgan fingerprint density at radius 3 is 1.76 bits per heavy atom. The van der Waals surface area contributed by atoms with Crippen molar-refractivity contribution in [3.8, 4) is 0 Å². The lowest BCUT2D eigenvalue weighted by Crippen LogP contribution is -2.19. The van der Waals surface area contributed by atoms with Crippen LogP contribution in [0.15, 0.2) is 12.2 Å². The summed E-state index contributed by atoms with van der Waals surface area (Å²) in [5, 5.41) is 3.09. The van der Waals surface area contributed by atoms with Crippen LogP contribution < -0.4 is 5.32 Å². The van der Waals surface area contributed by atoms with Gasteiger partial charge in [0.15, 0.2) is 0 Å². The van der Waals surface area contributed by atoms with Crippen molar-refractivity contribution in [3.05, 3.63) is 12.2 Å². The second-order valence-corrected chi connectivity index (χ2v) is 10.9. The van der Waals surface area contributed by atoms with Gasteiger partial charge in [0.2, 0.25) is 0 Å². The SMILES string of the molecule is CCCCCCCC/C=C\COC(=O)CCCCCCC(CCCCCCCCC)OC(=O)CCCNC. The molecular weight excluding hydrogens is 474 g/mol. The molecule has 0 heterocycles. The van der Waals surface area contributed by atoms with Gasteiger partial charge in [0.05, 0.1) is 0 Å². The molecular formula is C33H63NO4. The molecule has 0 aromatic carbocycles. The maximum Gasteiger partial charge on any atom is 0.306 e. The van der Waals surface area contributed by atoms with Crippen LogP contribution in [0.5, 0.6) is 0 Å². The van der Waals surface area contributed by atoms with Crippen molar-refractivity contribution in [2.75, 3.05) is 20.2 Å². The van der Waals surface area contributed by atoms with Crippen molar-refractivity contribution in [1.29, 1.82) is 0 Å². The topological polar surface area (TPSA) is 64.6 Å². The molecule has 0 amide bonds. The number of nitrogens with one attached hydrogen (secondary N) is 1. The molecule has 1 atom stereocenters. The third-order valence-electron chi connectivity index (χ3n) is 7.12. The minimum absolute atomic E-state index is 0.0424. The van der Waals surface area contributed by atoms with Gasteiger partial charge in [0, 0.05) is 12.8 Å². The van der Waals surface area contributed by atoms with Crippen molar-refractivity contribution in [2.24, 2.45) is 0 Å². The molecule has 5 nitrogen and oxygen atoms in total. The highest BCUT2D eigenvalue weighted by molar-refractivity contribution is 5.69. The van der Waals surface area contributed by atoms with Gasteiger partial charge in [0.1, 0.15) is 12.7 Å². The second kappa shape index (κ2) is 30.2. The fourth-order valence-electron chi connectivity index (χ4n) is 4.68. The van der Waals surface area contributed by atoms with Gasteiger partial charge in [0.25, 0.3) is 0 Å². The summed E-state index contributed by atoms with van der Waals surface area (Å²) >= 11 is 0. The number of carbonyl (C=O) groups excluding carboxylic acids is 2. The molecule has 224 valence electrons. The van der Waals surface area contributed by atoms with Gasteiger partial charge >= 0.3 is 11.9 Å². The lowest BCUT2D eigenvalue weighted by molar-refractivity contribution is -0.150. The minimum atomic E-state index is -0.0958. The number of rotatable bonds is 29. The molecule has 0 aliphatic carbocycles. The van der Waals surface area contributed by atoms with Crippen LogP contribution in [0.3, 0.4) is 0 Å². The van der Waals surface area contributed by atoms with Crippen LogP contribution in [-0.2, 0) is 19.1 Å². The normalized spacial score (nSPS) is 12.2. The van der Waals surface area contributed by atoms with Crippen LogP contribution in [-0.4, -0.2) is 38.2 Å². The highest BCUT2D eigenvalue weighted by Gasteiger charge is 2.14. The summed E-state index contributed by atoms with van der Waals surface area (Å²) in [6.07, 6.45) is 29.7. The lowest BCUT2D eigenvalue weighted by atomic mass is 10.0. The summed E-state index contributed by atoms with van der Waals surface area (Å²) in [5.41, 5.74) is 0. The van der Waals surface area contributed by atoms with Gasteiger partial charge in [-0.2, -0.15) is 0 Å². The molecule has 0 spiro atoms. The third kappa shape index (κ3) is 27.7. The molecule has 0 rings (SSSR count). The molecule has 0 aliphatic rings. The van der Waals surface area contributed by atoms with Gasteiger partial charge in [-0.1, -0.05) is 109 Å². The smallest absolute Gasteiger partial charge is 0.306 e. The van der Waals surface area contributed by atoms with Crippen LogP contribution in [0, 0.1) is 0 Å². The fraction of sp³-hybridized carbons (Fsp3) is 0.879. The van der Waals surface area contributed by atoms with E-state index in [1.165, 1.54) is 77.0 Å². The molecule has 1 N–H and O–H groups in total. The van der Waals surface area contributed by atoms with E-state index in [-0.39, 0.29) is 18.0 Å². The Kier molecular flexibility index (Phi) is 29.1. The molecule has 0 saturated heterocycles. The van der Waals surface area contributed by atoms with E-state index in [1.807, 2.05) is 13.1 Å². The Morgan fingerprint density at radius 1 is 0.632 bits per heavy atom. The molecule has 1 unspecified atom stereocenters. The Morgan fingerprint density at radius 2 is 1.16 bits per heavy atom. The molecule has 38 heavy (non-hydrogen) atoms. The number of hydrogen-bond donors (Lipinski definition) is 1. The highest BCUT2D eigenvalue weighted by atomic mass is 16.5. The Hall–Kier alpha value is -1.36. The summed E-state index contributed by atoms with van der Waals surface area (Å²) in [6.45, 7) is 5.73. The van der Waals surface area contributed by atoms with Crippen LogP contribution in [0.1, 0.15) is 162 Å². The monoisotopic (exact) mass is 537 g/mol. The number of hydrogen-bond acceptors (Lipinski definition) is 5. The average Bonchev–Trinajstić information content (AvgIpc) is 2.91. The quantitative estimate of drug-likeness (QED) is 0.0585. The summed E-state index contributed by atoms with van der Waals surface area (Å²) in [5.74, 6) is -0.154. The van der Waals surface area contributed by atoms with E-state index >= 15 is 0 Å². The summed E-state index contributed by atoms with van der Waals surface area (Å²) in [7, 11) is 1.91. The molecule has 0 aromatic rings. The zero-order valence-electron chi connectivity index (χ0n) is 25.5. The number of unbranched alkanes of at least 4 members (excludes halogenated alkanes) is 15. The Labute approximate surface area is 236 Å². The van der Waals surface area contributed by atoms with Crippen molar-refractivity contribution >= 4 is 11.9 Å². The van der Waals surface area contributed by atoms with Crippen molar-refractivity contribution in [2.45, 2.75) is 168 Å². The number of ether oxygens (including phenoxy) is 2. The first-order chi connectivity index (χ1) is 18.6. The van der Waals surface area contributed by atoms with E-state index in [1.54, 1.807) is 0 Å². The van der Waals surface area contributed by atoms with Gasteiger partial charge in [-0.25, -0.2) is 0 Å². The minimum Gasteiger partial charge on any atom is -0.462 e. The first-order valence-corrected chi connectivity index (χ1v) is 16.3. The van der Waals surface area contributed by atoms with Gasteiger partial charge in [-0.3, -0.25) is 9.59 Å². The predicted octanol–water partition coefficient (Wildman–Crippen LogP) is 9.23. The van der Waals surface area contributed by atoms with E-state index in [0.717, 1.165) is 64.3 Å².